The van der Waals surface area contributed by atoms with Crippen LogP contribution in [0.25, 0.3) is 0 Å². The molecule has 0 saturated carbocycles. The summed E-state index contributed by atoms with van der Waals surface area (Å²) >= 11 is 5.78. The predicted molar refractivity (Wildman–Crippen MR) is 96.9 cm³/mol. The normalized spacial score (nSPS) is 12.1. The van der Waals surface area contributed by atoms with Crippen LogP contribution >= 0.6 is 11.6 Å². The average molecular weight is 349 g/mol. The van der Waals surface area contributed by atoms with Gasteiger partial charge in [-0.15, -0.1) is 0 Å². The number of halogens is 2. The molecule has 0 aliphatic rings. The molecule has 6 heteroatoms. The van der Waals surface area contributed by atoms with E-state index in [0.29, 0.717) is 24.2 Å². The van der Waals surface area contributed by atoms with Gasteiger partial charge < -0.3 is 10.6 Å². The second-order valence-electron chi connectivity index (χ2n) is 6.16. The van der Waals surface area contributed by atoms with E-state index >= 15 is 0 Å². The Morgan fingerprint density at radius 3 is 2.67 bits per heavy atom. The van der Waals surface area contributed by atoms with Crippen LogP contribution in [0, 0.1) is 5.82 Å². The number of aliphatic imine (C=N–C) groups is 1. The van der Waals surface area contributed by atoms with Gasteiger partial charge in [-0.3, -0.25) is 4.99 Å². The molecule has 128 valence electrons. The minimum Gasteiger partial charge on any atom is -0.356 e. The van der Waals surface area contributed by atoms with E-state index in [4.69, 9.17) is 11.6 Å². The molecular formula is C18H22ClFN4. The maximum Gasteiger partial charge on any atom is 0.191 e. The van der Waals surface area contributed by atoms with Crippen LogP contribution in [0.5, 0.6) is 0 Å². The summed E-state index contributed by atoms with van der Waals surface area (Å²) in [5, 5.41) is 6.97. The monoisotopic (exact) mass is 348 g/mol. The Balaban J connectivity index is 1.92. The lowest BCUT2D eigenvalue weighted by Crippen LogP contribution is -2.43. The Bertz CT molecular complexity index is 698. The molecule has 1 heterocycles. The van der Waals surface area contributed by atoms with Crippen LogP contribution in [0.2, 0.25) is 5.15 Å². The largest absolute Gasteiger partial charge is 0.356 e. The van der Waals surface area contributed by atoms with Crippen molar-refractivity contribution in [3.63, 3.8) is 0 Å². The van der Waals surface area contributed by atoms with Gasteiger partial charge in [-0.2, -0.15) is 0 Å². The Hall–Kier alpha value is -2.14. The number of nitrogens with one attached hydrogen (secondary N) is 2. The maximum absolute atomic E-state index is 13.4. The summed E-state index contributed by atoms with van der Waals surface area (Å²) in [6.07, 6.45) is 1.72. The molecule has 1 aromatic heterocycles. The van der Waals surface area contributed by atoms with Gasteiger partial charge in [0.1, 0.15) is 11.0 Å². The van der Waals surface area contributed by atoms with Crippen molar-refractivity contribution in [2.45, 2.75) is 25.8 Å². The Morgan fingerprint density at radius 1 is 1.25 bits per heavy atom. The van der Waals surface area contributed by atoms with Gasteiger partial charge in [-0.1, -0.05) is 43.6 Å². The highest BCUT2D eigenvalue weighted by atomic mass is 35.5. The minimum atomic E-state index is -0.235. The molecule has 0 bridgehead atoms. The topological polar surface area (TPSA) is 49.3 Å². The van der Waals surface area contributed by atoms with E-state index in [1.54, 1.807) is 31.4 Å². The van der Waals surface area contributed by atoms with Crippen molar-refractivity contribution >= 4 is 17.6 Å². The number of aromatic nitrogens is 1. The van der Waals surface area contributed by atoms with Crippen molar-refractivity contribution < 1.29 is 4.39 Å². The lowest BCUT2D eigenvalue weighted by Gasteiger charge is -2.26. The van der Waals surface area contributed by atoms with Crippen LogP contribution in [-0.4, -0.2) is 24.5 Å². The molecule has 2 rings (SSSR count). The van der Waals surface area contributed by atoms with Gasteiger partial charge in [-0.05, 0) is 29.3 Å². The van der Waals surface area contributed by atoms with Crippen LogP contribution < -0.4 is 10.6 Å². The van der Waals surface area contributed by atoms with Gasteiger partial charge in [0.25, 0.3) is 0 Å². The van der Waals surface area contributed by atoms with Crippen molar-refractivity contribution in [3.05, 3.63) is 64.7 Å². The Morgan fingerprint density at radius 2 is 2.04 bits per heavy atom. The van der Waals surface area contributed by atoms with Crippen LogP contribution in [0.3, 0.4) is 0 Å². The van der Waals surface area contributed by atoms with Gasteiger partial charge in [0.15, 0.2) is 5.96 Å². The first-order valence-corrected chi connectivity index (χ1v) is 8.09. The molecule has 0 atom stereocenters. The predicted octanol–water partition coefficient (Wildman–Crippen LogP) is 3.52. The Kier molecular flexibility index (Phi) is 6.15. The Labute approximate surface area is 147 Å². The van der Waals surface area contributed by atoms with Crippen LogP contribution in [0.1, 0.15) is 25.0 Å². The second-order valence-corrected chi connectivity index (χ2v) is 6.55. The zero-order valence-corrected chi connectivity index (χ0v) is 14.9. The SMILES string of the molecule is CN=C(NCc1ccc(Cl)nc1)NCC(C)(C)c1cccc(F)c1. The summed E-state index contributed by atoms with van der Waals surface area (Å²) in [5.74, 6) is 0.452. The maximum atomic E-state index is 13.4. The van der Waals surface area contributed by atoms with Gasteiger partial charge in [-0.25, -0.2) is 9.37 Å². The number of nitrogens with zero attached hydrogens (tertiary/aromatic N) is 2. The van der Waals surface area contributed by atoms with Gasteiger partial charge in [0.05, 0.1) is 0 Å². The molecule has 0 fully saturated rings. The summed E-state index contributed by atoms with van der Waals surface area (Å²) in [6.45, 7) is 5.33. The standard InChI is InChI=1S/C18H22ClFN4/c1-18(2,14-5-4-6-15(20)9-14)12-24-17(21-3)23-11-13-7-8-16(19)22-10-13/h4-10H,11-12H2,1-3H3,(H2,21,23,24). The number of benzene rings is 1. The fourth-order valence-electron chi connectivity index (χ4n) is 2.23. The third kappa shape index (κ3) is 5.20. The number of pyridine rings is 1. The molecule has 1 aromatic carbocycles. The summed E-state index contributed by atoms with van der Waals surface area (Å²) < 4.78 is 13.4. The molecule has 0 saturated heterocycles. The second kappa shape index (κ2) is 8.11. The first-order chi connectivity index (χ1) is 11.4. The smallest absolute Gasteiger partial charge is 0.191 e. The van der Waals surface area contributed by atoms with Crippen molar-refractivity contribution in [2.75, 3.05) is 13.6 Å². The van der Waals surface area contributed by atoms with Crippen molar-refractivity contribution in [1.29, 1.82) is 0 Å². The molecule has 0 radical (unpaired) electrons. The van der Waals surface area contributed by atoms with Crippen LogP contribution in [-0.2, 0) is 12.0 Å². The quantitative estimate of drug-likeness (QED) is 0.494. The zero-order valence-electron chi connectivity index (χ0n) is 14.1. The number of hydrogen-bond donors (Lipinski definition) is 2. The summed E-state index contributed by atoms with van der Waals surface area (Å²) in [7, 11) is 1.71. The summed E-state index contributed by atoms with van der Waals surface area (Å²) in [6, 6.07) is 10.3. The molecule has 2 aromatic rings. The summed E-state index contributed by atoms with van der Waals surface area (Å²) in [5.41, 5.74) is 1.71. The van der Waals surface area contributed by atoms with E-state index in [0.717, 1.165) is 11.1 Å². The zero-order chi connectivity index (χ0) is 17.6. The fraction of sp³-hybridized carbons (Fsp3) is 0.333. The van der Waals surface area contributed by atoms with Crippen molar-refractivity contribution in [3.8, 4) is 0 Å². The van der Waals surface area contributed by atoms with Crippen molar-refractivity contribution in [1.82, 2.24) is 15.6 Å². The molecule has 0 aliphatic heterocycles. The number of rotatable bonds is 5. The highest BCUT2D eigenvalue weighted by Gasteiger charge is 2.21. The first-order valence-electron chi connectivity index (χ1n) is 7.72. The molecule has 0 spiro atoms. The van der Waals surface area contributed by atoms with Crippen LogP contribution in [0.15, 0.2) is 47.6 Å². The van der Waals surface area contributed by atoms with Crippen LogP contribution in [0.4, 0.5) is 4.39 Å². The molecule has 0 aliphatic carbocycles. The van der Waals surface area contributed by atoms with Crippen molar-refractivity contribution in [2.24, 2.45) is 4.99 Å². The molecule has 24 heavy (non-hydrogen) atoms. The molecule has 2 N–H and O–H groups in total. The highest BCUT2D eigenvalue weighted by molar-refractivity contribution is 6.29. The molecule has 0 amide bonds. The van der Waals surface area contributed by atoms with E-state index in [1.165, 1.54) is 6.07 Å². The van der Waals surface area contributed by atoms with E-state index in [9.17, 15) is 4.39 Å². The van der Waals surface area contributed by atoms with E-state index in [1.807, 2.05) is 12.1 Å². The highest BCUT2D eigenvalue weighted by Crippen LogP contribution is 2.22. The number of hydrogen-bond acceptors (Lipinski definition) is 2. The average Bonchev–Trinajstić information content (AvgIpc) is 2.56. The first kappa shape index (κ1) is 18.2. The molecular weight excluding hydrogens is 327 g/mol. The lowest BCUT2D eigenvalue weighted by atomic mass is 9.84. The van der Waals surface area contributed by atoms with Gasteiger partial charge >= 0.3 is 0 Å². The van der Waals surface area contributed by atoms with E-state index in [-0.39, 0.29) is 11.2 Å². The third-order valence-corrected chi connectivity index (χ3v) is 4.00. The fourth-order valence-corrected chi connectivity index (χ4v) is 2.35. The molecule has 4 nitrogen and oxygen atoms in total. The van der Waals surface area contributed by atoms with Gasteiger partial charge in [0.2, 0.25) is 0 Å². The third-order valence-electron chi connectivity index (χ3n) is 3.78. The minimum absolute atomic E-state index is 0.224. The van der Waals surface area contributed by atoms with E-state index in [2.05, 4.69) is 34.5 Å². The lowest BCUT2D eigenvalue weighted by molar-refractivity contribution is 0.503. The summed E-state index contributed by atoms with van der Waals surface area (Å²) in [4.78, 5) is 8.25. The van der Waals surface area contributed by atoms with E-state index < -0.39 is 0 Å². The molecule has 0 unspecified atom stereocenters. The van der Waals surface area contributed by atoms with Gasteiger partial charge in [0, 0.05) is 31.7 Å². The number of guanidine groups is 1.